The Morgan fingerprint density at radius 1 is 1.07 bits per heavy atom. The molecular weight excluding hydrogens is 356 g/mol. The summed E-state index contributed by atoms with van der Waals surface area (Å²) in [4.78, 5) is 0. The number of aliphatic hydroxyl groups excluding tert-OH is 1. The molecule has 0 spiro atoms. The van der Waals surface area contributed by atoms with Crippen molar-refractivity contribution in [3.8, 4) is 0 Å². The Balaban J connectivity index is 1.52. The third kappa shape index (κ3) is 3.65. The van der Waals surface area contributed by atoms with Crippen LogP contribution in [0.3, 0.4) is 0 Å². The van der Waals surface area contributed by atoms with E-state index in [2.05, 4.69) is 40.7 Å². The van der Waals surface area contributed by atoms with Crippen LogP contribution in [0.25, 0.3) is 0 Å². The van der Waals surface area contributed by atoms with E-state index >= 15 is 0 Å². The number of allylic oxidation sites excluding steroid dienone is 1. The summed E-state index contributed by atoms with van der Waals surface area (Å²) in [5.41, 5.74) is 1.94. The second kappa shape index (κ2) is 7.97. The zero-order chi connectivity index (χ0) is 21.9. The summed E-state index contributed by atoms with van der Waals surface area (Å²) < 4.78 is 8.18. The summed E-state index contributed by atoms with van der Waals surface area (Å²) in [7, 11) is 0. The fraction of sp³-hybridized carbons (Fsp3) is 0.926. The van der Waals surface area contributed by atoms with Crippen molar-refractivity contribution in [2.75, 3.05) is 0 Å². The summed E-state index contributed by atoms with van der Waals surface area (Å²) >= 11 is 0. The van der Waals surface area contributed by atoms with Gasteiger partial charge in [-0.15, -0.1) is 0 Å². The summed E-state index contributed by atoms with van der Waals surface area (Å²) in [6, 6.07) is 0. The molecule has 2 nitrogen and oxygen atoms in total. The standard InChI is InChI=1S/C27H46O2/c1-17(2)6-11-25(29)18(3)22-9-10-23-21-8-7-19-16-20(28)12-14-26(19,4)24(21)13-15-27(22,23)5/h7,17-18,20-25,28-29H,6,8-16H2,1-5H3/t18-,20?,21-,22+,23-,24-,25?,26-,27+/m0/s1/i20T. The Morgan fingerprint density at radius 3 is 2.55 bits per heavy atom. The van der Waals surface area contributed by atoms with E-state index in [0.717, 1.165) is 37.5 Å². The second-order valence-corrected chi connectivity index (χ2v) is 12.1. The van der Waals surface area contributed by atoms with E-state index in [1.807, 2.05) is 0 Å². The van der Waals surface area contributed by atoms with Crippen LogP contribution in [0.2, 0.25) is 0 Å². The Hall–Kier alpha value is -0.340. The molecule has 0 aromatic carbocycles. The quantitative estimate of drug-likeness (QED) is 0.523. The van der Waals surface area contributed by atoms with Gasteiger partial charge in [0, 0.05) is 0 Å². The Morgan fingerprint density at radius 2 is 1.83 bits per heavy atom. The molecule has 0 bridgehead atoms. The van der Waals surface area contributed by atoms with Crippen LogP contribution in [0.15, 0.2) is 11.6 Å². The van der Waals surface area contributed by atoms with Crippen LogP contribution in [0.5, 0.6) is 0 Å². The predicted octanol–water partition coefficient (Wildman–Crippen LogP) is 6.36. The Labute approximate surface area is 181 Å². The minimum absolute atomic E-state index is 0.158. The molecule has 2 N–H and O–H groups in total. The molecule has 4 rings (SSSR count). The van der Waals surface area contributed by atoms with Crippen LogP contribution in [-0.2, 0) is 0 Å². The first-order chi connectivity index (χ1) is 14.0. The van der Waals surface area contributed by atoms with E-state index in [1.165, 1.54) is 31.3 Å². The summed E-state index contributed by atoms with van der Waals surface area (Å²) in [6.07, 6.45) is 11.6. The maximum Gasteiger partial charge on any atom is 0.0604 e. The third-order valence-electron chi connectivity index (χ3n) is 10.3. The van der Waals surface area contributed by atoms with Crippen LogP contribution < -0.4 is 0 Å². The normalized spacial score (nSPS) is 49.5. The van der Waals surface area contributed by atoms with Gasteiger partial charge in [-0.05, 0) is 111 Å². The molecule has 2 unspecified atom stereocenters. The number of fused-ring (bicyclic) bond motifs is 5. The molecule has 0 heterocycles. The number of aliphatic hydroxyl groups is 2. The largest absolute Gasteiger partial charge is 0.393 e. The SMILES string of the molecule is [3H]C1(O)CC[C@@]2(C)C(=CC[C@H]3[C@@H]4CC[C@H]([C@H](C)C(O)CCC(C)C)[C@@]4(C)CC[C@@H]32)C1. The maximum atomic E-state index is 11.0. The molecule has 3 fully saturated rings. The maximum absolute atomic E-state index is 11.0. The van der Waals surface area contributed by atoms with Gasteiger partial charge in [-0.25, -0.2) is 0 Å². The van der Waals surface area contributed by atoms with Crippen LogP contribution in [0.4, 0.5) is 0 Å². The van der Waals surface area contributed by atoms with Gasteiger partial charge in [0.25, 0.3) is 0 Å². The fourth-order valence-corrected chi connectivity index (χ4v) is 8.43. The van der Waals surface area contributed by atoms with Crippen molar-refractivity contribution in [3.63, 3.8) is 0 Å². The van der Waals surface area contributed by atoms with Gasteiger partial charge in [0.1, 0.15) is 0 Å². The number of hydrogen-bond acceptors (Lipinski definition) is 2. The molecular formula is C27H46O2. The Kier molecular flexibility index (Phi) is 5.65. The lowest BCUT2D eigenvalue weighted by Gasteiger charge is -2.58. The summed E-state index contributed by atoms with van der Waals surface area (Å²) in [5, 5.41) is 21.3. The lowest BCUT2D eigenvalue weighted by atomic mass is 9.47. The Bertz CT molecular complexity index is 670. The summed E-state index contributed by atoms with van der Waals surface area (Å²) in [6.45, 7) is 11.8. The highest BCUT2D eigenvalue weighted by molar-refractivity contribution is 5.25. The number of rotatable bonds is 5. The fourth-order valence-electron chi connectivity index (χ4n) is 8.43. The topological polar surface area (TPSA) is 40.5 Å². The molecule has 0 aromatic heterocycles. The van der Waals surface area contributed by atoms with Crippen molar-refractivity contribution in [1.29, 1.82) is 0 Å². The van der Waals surface area contributed by atoms with Gasteiger partial charge in [0.15, 0.2) is 0 Å². The highest BCUT2D eigenvalue weighted by Crippen LogP contribution is 2.67. The van der Waals surface area contributed by atoms with Crippen LogP contribution in [0.1, 0.15) is 100 Å². The van der Waals surface area contributed by atoms with E-state index in [0.29, 0.717) is 41.9 Å². The average Bonchev–Trinajstić information content (AvgIpc) is 3.03. The van der Waals surface area contributed by atoms with Crippen molar-refractivity contribution in [1.82, 2.24) is 0 Å². The molecule has 3 saturated carbocycles. The molecule has 4 aliphatic carbocycles. The van der Waals surface area contributed by atoms with E-state index in [9.17, 15) is 10.2 Å². The molecule has 2 heteroatoms. The number of hydrogen-bond donors (Lipinski definition) is 2. The first kappa shape index (κ1) is 20.6. The van der Waals surface area contributed by atoms with Crippen molar-refractivity contribution in [2.24, 2.45) is 46.3 Å². The van der Waals surface area contributed by atoms with Crippen molar-refractivity contribution in [3.05, 3.63) is 11.6 Å². The van der Waals surface area contributed by atoms with E-state index < -0.39 is 6.08 Å². The van der Waals surface area contributed by atoms with E-state index in [1.54, 1.807) is 0 Å². The minimum atomic E-state index is -1.25. The van der Waals surface area contributed by atoms with Crippen LogP contribution in [0, 0.1) is 46.3 Å². The van der Waals surface area contributed by atoms with E-state index in [4.69, 9.17) is 1.37 Å². The molecule has 0 aliphatic heterocycles. The second-order valence-electron chi connectivity index (χ2n) is 12.1. The highest BCUT2D eigenvalue weighted by atomic mass is 16.3. The first-order valence-electron chi connectivity index (χ1n) is 13.1. The highest BCUT2D eigenvalue weighted by Gasteiger charge is 2.59. The molecule has 29 heavy (non-hydrogen) atoms. The molecule has 4 aliphatic rings. The molecule has 0 radical (unpaired) electrons. The van der Waals surface area contributed by atoms with Crippen molar-refractivity contribution >= 4 is 0 Å². The minimum Gasteiger partial charge on any atom is -0.393 e. The first-order valence-corrected chi connectivity index (χ1v) is 12.6. The smallest absolute Gasteiger partial charge is 0.0604 e. The lowest BCUT2D eigenvalue weighted by molar-refractivity contribution is -0.0681. The van der Waals surface area contributed by atoms with Gasteiger partial charge in [0.05, 0.1) is 13.6 Å². The van der Waals surface area contributed by atoms with Gasteiger partial charge in [-0.1, -0.05) is 46.3 Å². The predicted molar refractivity (Wildman–Crippen MR) is 120 cm³/mol. The van der Waals surface area contributed by atoms with Crippen LogP contribution in [-0.4, -0.2) is 22.4 Å². The van der Waals surface area contributed by atoms with E-state index in [-0.39, 0.29) is 11.5 Å². The van der Waals surface area contributed by atoms with Crippen LogP contribution >= 0.6 is 0 Å². The average molecular weight is 405 g/mol. The molecule has 0 amide bonds. The summed E-state index contributed by atoms with van der Waals surface area (Å²) in [5.74, 6) is 3.94. The van der Waals surface area contributed by atoms with Gasteiger partial charge >= 0.3 is 0 Å². The molecule has 0 saturated heterocycles. The van der Waals surface area contributed by atoms with Gasteiger partial charge in [-0.3, -0.25) is 0 Å². The molecule has 9 atom stereocenters. The van der Waals surface area contributed by atoms with Gasteiger partial charge < -0.3 is 10.2 Å². The van der Waals surface area contributed by atoms with Crippen molar-refractivity contribution in [2.45, 2.75) is 111 Å². The monoisotopic (exact) mass is 404 g/mol. The zero-order valence-corrected chi connectivity index (χ0v) is 19.6. The third-order valence-corrected chi connectivity index (χ3v) is 10.3. The zero-order valence-electron chi connectivity index (χ0n) is 20.6. The van der Waals surface area contributed by atoms with Gasteiger partial charge in [0.2, 0.25) is 0 Å². The lowest BCUT2D eigenvalue weighted by Crippen LogP contribution is -2.51. The molecule has 0 aromatic rings. The van der Waals surface area contributed by atoms with Gasteiger partial charge in [-0.2, -0.15) is 0 Å². The van der Waals surface area contributed by atoms with Crippen molar-refractivity contribution < 1.29 is 11.6 Å². The molecule has 166 valence electrons.